The Morgan fingerprint density at radius 1 is 1.28 bits per heavy atom. The molecule has 2 atom stereocenters. The van der Waals surface area contributed by atoms with Gasteiger partial charge in [-0.3, -0.25) is 0 Å². The molecule has 0 saturated heterocycles. The number of fused-ring (bicyclic) bond motifs is 1. The van der Waals surface area contributed by atoms with Crippen molar-refractivity contribution in [3.8, 4) is 5.75 Å². The quantitative estimate of drug-likeness (QED) is 0.873. The van der Waals surface area contributed by atoms with E-state index in [0.717, 1.165) is 18.6 Å². The lowest BCUT2D eigenvalue weighted by molar-refractivity contribution is 0.189. The lowest BCUT2D eigenvalue weighted by Crippen LogP contribution is -2.27. The molecule has 0 spiro atoms. The highest BCUT2D eigenvalue weighted by molar-refractivity contribution is 5.45. The number of nitrogens with one attached hydrogen (secondary N) is 1. The first-order valence-electron chi connectivity index (χ1n) is 7.01. The number of hydrogen-bond acceptors (Lipinski definition) is 2. The molecule has 2 rings (SSSR count). The second-order valence-electron chi connectivity index (χ2n) is 5.82. The van der Waals surface area contributed by atoms with Crippen LogP contribution in [-0.2, 0) is 5.41 Å². The van der Waals surface area contributed by atoms with E-state index in [1.165, 1.54) is 11.1 Å². The van der Waals surface area contributed by atoms with Gasteiger partial charge in [0.1, 0.15) is 11.9 Å². The number of hydrogen-bond donors (Lipinski definition) is 1. The smallest absolute Gasteiger partial charge is 0.124 e. The lowest BCUT2D eigenvalue weighted by Gasteiger charge is -2.24. The summed E-state index contributed by atoms with van der Waals surface area (Å²) in [5.41, 5.74) is 2.96. The van der Waals surface area contributed by atoms with Crippen LogP contribution in [0.25, 0.3) is 0 Å². The van der Waals surface area contributed by atoms with Crippen molar-refractivity contribution < 1.29 is 4.74 Å². The molecule has 0 aromatic heterocycles. The van der Waals surface area contributed by atoms with Crippen molar-refractivity contribution in [3.63, 3.8) is 0 Å². The zero-order chi connectivity index (χ0) is 13.3. The van der Waals surface area contributed by atoms with Crippen molar-refractivity contribution in [2.75, 3.05) is 7.05 Å². The van der Waals surface area contributed by atoms with Gasteiger partial charge in [-0.15, -0.1) is 0 Å². The van der Waals surface area contributed by atoms with Crippen LogP contribution in [0.1, 0.15) is 57.7 Å². The molecular weight excluding hydrogens is 222 g/mol. The fourth-order valence-corrected chi connectivity index (χ4v) is 2.62. The van der Waals surface area contributed by atoms with Crippen LogP contribution in [0.2, 0.25) is 0 Å². The van der Waals surface area contributed by atoms with Crippen LogP contribution in [0.3, 0.4) is 0 Å². The lowest BCUT2D eigenvalue weighted by atomic mass is 9.81. The topological polar surface area (TPSA) is 21.3 Å². The Balaban J connectivity index is 2.39. The van der Waals surface area contributed by atoms with E-state index in [0.29, 0.717) is 6.04 Å². The summed E-state index contributed by atoms with van der Waals surface area (Å²) in [5, 5.41) is 3.39. The summed E-state index contributed by atoms with van der Waals surface area (Å²) < 4.78 is 6.00. The van der Waals surface area contributed by atoms with E-state index in [1.807, 2.05) is 7.05 Å². The molecular formula is C16H25NO. The van der Waals surface area contributed by atoms with Gasteiger partial charge in [-0.2, -0.15) is 0 Å². The van der Waals surface area contributed by atoms with Gasteiger partial charge in [-0.1, -0.05) is 33.8 Å². The number of likely N-dealkylation sites (N-methyl/N-ethyl adjacent to an activating group) is 1. The Morgan fingerprint density at radius 3 is 2.56 bits per heavy atom. The normalized spacial score (nSPS) is 22.7. The summed E-state index contributed by atoms with van der Waals surface area (Å²) in [6.45, 7) is 9.03. The molecule has 0 fully saturated rings. The third-order valence-electron chi connectivity index (χ3n) is 4.37. The molecule has 0 aliphatic carbocycles. The van der Waals surface area contributed by atoms with Gasteiger partial charge >= 0.3 is 0 Å². The molecule has 2 nitrogen and oxygen atoms in total. The first-order valence-corrected chi connectivity index (χ1v) is 7.01. The summed E-state index contributed by atoms with van der Waals surface area (Å²) in [6.07, 6.45) is 2.45. The number of ether oxygens (including phenoxy) is 1. The molecule has 1 aromatic carbocycles. The number of rotatable bonds is 4. The summed E-state index contributed by atoms with van der Waals surface area (Å²) in [5.74, 6) is 1.05. The minimum Gasteiger partial charge on any atom is -0.488 e. The minimum atomic E-state index is 0.234. The second-order valence-corrected chi connectivity index (χ2v) is 5.82. The third kappa shape index (κ3) is 2.14. The molecule has 18 heavy (non-hydrogen) atoms. The maximum absolute atomic E-state index is 6.00. The highest BCUT2D eigenvalue weighted by Crippen LogP contribution is 2.40. The molecule has 1 heterocycles. The van der Waals surface area contributed by atoms with E-state index >= 15 is 0 Å². The summed E-state index contributed by atoms with van der Waals surface area (Å²) in [6, 6.07) is 7.02. The van der Waals surface area contributed by atoms with Crippen LogP contribution in [0.5, 0.6) is 5.75 Å². The first kappa shape index (κ1) is 13.4. The Morgan fingerprint density at radius 2 is 2.00 bits per heavy atom. The predicted octanol–water partition coefficient (Wildman–Crippen LogP) is 3.81. The molecule has 100 valence electrons. The number of benzene rings is 1. The predicted molar refractivity (Wildman–Crippen MR) is 76.3 cm³/mol. The Kier molecular flexibility index (Phi) is 3.67. The van der Waals surface area contributed by atoms with Crippen molar-refractivity contribution in [2.45, 2.75) is 58.1 Å². The molecule has 0 saturated carbocycles. The van der Waals surface area contributed by atoms with Gasteiger partial charge in [0.25, 0.3) is 0 Å². The zero-order valence-corrected chi connectivity index (χ0v) is 12.2. The largest absolute Gasteiger partial charge is 0.488 e. The fraction of sp³-hybridized carbons (Fsp3) is 0.625. The van der Waals surface area contributed by atoms with Crippen molar-refractivity contribution >= 4 is 0 Å². The molecule has 1 aliphatic heterocycles. The average Bonchev–Trinajstić information content (AvgIpc) is 2.75. The Bertz CT molecular complexity index is 425. The monoisotopic (exact) mass is 247 g/mol. The molecule has 2 unspecified atom stereocenters. The van der Waals surface area contributed by atoms with Gasteiger partial charge in [-0.25, -0.2) is 0 Å². The zero-order valence-electron chi connectivity index (χ0n) is 12.2. The highest BCUT2D eigenvalue weighted by Gasteiger charge is 2.33. The van der Waals surface area contributed by atoms with Gasteiger partial charge in [0.2, 0.25) is 0 Å². The summed E-state index contributed by atoms with van der Waals surface area (Å²) in [4.78, 5) is 0. The van der Waals surface area contributed by atoms with Gasteiger partial charge in [0.15, 0.2) is 0 Å². The molecule has 0 bridgehead atoms. The SMILES string of the molecule is CCC1Oc2ccc(C(C)(C)CC)cc2C1NC. The molecule has 1 aromatic rings. The van der Waals surface area contributed by atoms with Crippen molar-refractivity contribution in [1.82, 2.24) is 5.32 Å². The van der Waals surface area contributed by atoms with E-state index in [2.05, 4.69) is 51.2 Å². The summed E-state index contributed by atoms with van der Waals surface area (Å²) in [7, 11) is 2.02. The second kappa shape index (κ2) is 4.93. The van der Waals surface area contributed by atoms with Crippen molar-refractivity contribution in [2.24, 2.45) is 0 Å². The van der Waals surface area contributed by atoms with Gasteiger partial charge in [0, 0.05) is 5.56 Å². The Hall–Kier alpha value is -1.02. The van der Waals surface area contributed by atoms with Gasteiger partial charge in [-0.05, 0) is 43.0 Å². The van der Waals surface area contributed by atoms with Crippen LogP contribution in [-0.4, -0.2) is 13.2 Å². The first-order chi connectivity index (χ1) is 8.53. The van der Waals surface area contributed by atoms with Gasteiger partial charge < -0.3 is 10.1 Å². The minimum absolute atomic E-state index is 0.234. The van der Waals surface area contributed by atoms with E-state index in [9.17, 15) is 0 Å². The van der Waals surface area contributed by atoms with Crippen LogP contribution >= 0.6 is 0 Å². The van der Waals surface area contributed by atoms with Crippen LogP contribution in [0.4, 0.5) is 0 Å². The third-order valence-corrected chi connectivity index (χ3v) is 4.37. The van der Waals surface area contributed by atoms with Crippen LogP contribution in [0.15, 0.2) is 18.2 Å². The van der Waals surface area contributed by atoms with E-state index < -0.39 is 0 Å². The molecule has 1 aliphatic rings. The highest BCUT2D eigenvalue weighted by atomic mass is 16.5. The maximum atomic E-state index is 6.00. The van der Waals surface area contributed by atoms with Gasteiger partial charge in [0.05, 0.1) is 6.04 Å². The Labute approximate surface area is 111 Å². The fourth-order valence-electron chi connectivity index (χ4n) is 2.62. The van der Waals surface area contributed by atoms with Crippen molar-refractivity contribution in [3.05, 3.63) is 29.3 Å². The van der Waals surface area contributed by atoms with Crippen LogP contribution in [0, 0.1) is 0 Å². The average molecular weight is 247 g/mol. The van der Waals surface area contributed by atoms with E-state index in [4.69, 9.17) is 4.74 Å². The standard InChI is InChI=1S/C16H25NO/c1-6-13-15(17-5)12-10-11(16(3,4)7-2)8-9-14(12)18-13/h8-10,13,15,17H,6-7H2,1-5H3. The maximum Gasteiger partial charge on any atom is 0.124 e. The molecule has 0 radical (unpaired) electrons. The molecule has 0 amide bonds. The summed E-state index contributed by atoms with van der Waals surface area (Å²) >= 11 is 0. The van der Waals surface area contributed by atoms with Crippen LogP contribution < -0.4 is 10.1 Å². The van der Waals surface area contributed by atoms with E-state index in [1.54, 1.807) is 0 Å². The van der Waals surface area contributed by atoms with E-state index in [-0.39, 0.29) is 11.5 Å². The molecule has 2 heteroatoms. The molecule has 1 N–H and O–H groups in total. The van der Waals surface area contributed by atoms with Crippen molar-refractivity contribution in [1.29, 1.82) is 0 Å².